The minimum absolute atomic E-state index is 0.129. The summed E-state index contributed by atoms with van der Waals surface area (Å²) in [7, 11) is 0. The van der Waals surface area contributed by atoms with Crippen LogP contribution in [0.2, 0.25) is 20.1 Å². The fourth-order valence-corrected chi connectivity index (χ4v) is 6.11. The molecule has 0 aliphatic carbocycles. The molecule has 2 aliphatic heterocycles. The summed E-state index contributed by atoms with van der Waals surface area (Å²) in [5.74, 6) is -1.92. The summed E-state index contributed by atoms with van der Waals surface area (Å²) in [4.78, 5) is 43.0. The van der Waals surface area contributed by atoms with Gasteiger partial charge in [-0.15, -0.1) is 0 Å². The number of rotatable bonds is 3. The third-order valence-electron chi connectivity index (χ3n) is 6.09. The highest BCUT2D eigenvalue weighted by molar-refractivity contribution is 9.10. The SMILES string of the molecule is Cc1cc(N2C(=O)[C@@H](N3C(=O)c4c(Cl)c(Cl)c(Cl)c(Cl)c4C3=O)[C@H]2c2cccc(Br)c2)ccc1Br. The van der Waals surface area contributed by atoms with Crippen molar-refractivity contribution >= 4 is 102 Å². The van der Waals surface area contributed by atoms with Gasteiger partial charge in [-0.1, -0.05) is 90.4 Å². The number of anilines is 1. The van der Waals surface area contributed by atoms with Gasteiger partial charge in [-0.05, 0) is 48.4 Å². The molecule has 35 heavy (non-hydrogen) atoms. The van der Waals surface area contributed by atoms with Crippen molar-refractivity contribution < 1.29 is 14.4 Å². The summed E-state index contributed by atoms with van der Waals surface area (Å²) < 4.78 is 1.68. The van der Waals surface area contributed by atoms with Crippen molar-refractivity contribution in [2.45, 2.75) is 19.0 Å². The lowest BCUT2D eigenvalue weighted by atomic mass is 9.86. The molecule has 2 atom stereocenters. The van der Waals surface area contributed by atoms with E-state index in [0.29, 0.717) is 5.69 Å². The largest absolute Gasteiger partial charge is 0.300 e. The number of benzene rings is 3. The lowest BCUT2D eigenvalue weighted by molar-refractivity contribution is -0.130. The molecular weight excluding hydrogens is 666 g/mol. The standard InChI is InChI=1S/C24H12Br2Cl4N2O3/c1-9-7-12(5-6-13(9)26)31-20(10-3-2-4-11(25)8-10)21(24(31)35)32-22(33)14-15(23(32)34)17(28)19(30)18(29)16(14)27/h2-8,20-21H,1H3/t20-,21+/m1/s1. The minimum atomic E-state index is -1.12. The summed E-state index contributed by atoms with van der Waals surface area (Å²) in [6.07, 6.45) is 0. The summed E-state index contributed by atoms with van der Waals surface area (Å²) >= 11 is 31.8. The van der Waals surface area contributed by atoms with E-state index in [4.69, 9.17) is 46.4 Å². The average molecular weight is 678 g/mol. The Labute approximate surface area is 237 Å². The number of nitrogens with zero attached hydrogens (tertiary/aromatic N) is 2. The molecule has 0 bridgehead atoms. The van der Waals surface area contributed by atoms with Crippen LogP contribution in [-0.4, -0.2) is 28.7 Å². The summed E-state index contributed by atoms with van der Waals surface area (Å²) in [5, 5.41) is -0.614. The number of carbonyl (C=O) groups excluding carboxylic acids is 3. The van der Waals surface area contributed by atoms with E-state index in [0.717, 1.165) is 25.0 Å². The van der Waals surface area contributed by atoms with Gasteiger partial charge in [-0.2, -0.15) is 0 Å². The summed E-state index contributed by atoms with van der Waals surface area (Å²) in [6, 6.07) is 11.1. The van der Waals surface area contributed by atoms with Crippen LogP contribution in [-0.2, 0) is 4.79 Å². The maximum atomic E-state index is 13.6. The number of fused-ring (bicyclic) bond motifs is 1. The molecule has 0 aromatic heterocycles. The van der Waals surface area contributed by atoms with Gasteiger partial charge in [0, 0.05) is 14.6 Å². The van der Waals surface area contributed by atoms with Crippen LogP contribution >= 0.6 is 78.3 Å². The van der Waals surface area contributed by atoms with E-state index < -0.39 is 29.8 Å². The highest BCUT2D eigenvalue weighted by atomic mass is 79.9. The van der Waals surface area contributed by atoms with Gasteiger partial charge in [0.25, 0.3) is 17.7 Å². The predicted molar refractivity (Wildman–Crippen MR) is 144 cm³/mol. The molecule has 3 amide bonds. The normalized spacial score (nSPS) is 19.3. The number of imide groups is 1. The highest BCUT2D eigenvalue weighted by Gasteiger charge is 2.58. The van der Waals surface area contributed by atoms with E-state index in [1.54, 1.807) is 11.0 Å². The summed E-state index contributed by atoms with van der Waals surface area (Å²) in [5.41, 5.74) is 1.98. The van der Waals surface area contributed by atoms with Crippen molar-refractivity contribution in [3.63, 3.8) is 0 Å². The molecular formula is C24H12Br2Cl4N2O3. The Morgan fingerprint density at radius 3 is 1.89 bits per heavy atom. The van der Waals surface area contributed by atoms with E-state index in [9.17, 15) is 14.4 Å². The van der Waals surface area contributed by atoms with Gasteiger partial charge in [0.1, 0.15) is 6.04 Å². The molecule has 1 saturated heterocycles. The van der Waals surface area contributed by atoms with Crippen LogP contribution in [0.3, 0.4) is 0 Å². The van der Waals surface area contributed by atoms with E-state index in [2.05, 4.69) is 31.9 Å². The first-order valence-electron chi connectivity index (χ1n) is 10.1. The Balaban J connectivity index is 1.65. The van der Waals surface area contributed by atoms with E-state index in [-0.39, 0.29) is 31.2 Å². The van der Waals surface area contributed by atoms with Crippen LogP contribution in [0.5, 0.6) is 0 Å². The molecule has 0 N–H and O–H groups in total. The number of carbonyl (C=O) groups is 3. The van der Waals surface area contributed by atoms with E-state index >= 15 is 0 Å². The Hall–Kier alpha value is -1.61. The monoisotopic (exact) mass is 674 g/mol. The molecule has 5 nitrogen and oxygen atoms in total. The van der Waals surface area contributed by atoms with E-state index in [1.165, 1.54) is 0 Å². The molecule has 5 rings (SSSR count). The van der Waals surface area contributed by atoms with Crippen LogP contribution in [0.15, 0.2) is 51.4 Å². The molecule has 0 spiro atoms. The zero-order chi connectivity index (χ0) is 25.3. The fourth-order valence-electron chi connectivity index (χ4n) is 4.43. The Morgan fingerprint density at radius 1 is 0.743 bits per heavy atom. The van der Waals surface area contributed by atoms with Crippen molar-refractivity contribution in [2.75, 3.05) is 4.90 Å². The van der Waals surface area contributed by atoms with Gasteiger partial charge in [0.15, 0.2) is 0 Å². The Morgan fingerprint density at radius 2 is 1.34 bits per heavy atom. The molecule has 178 valence electrons. The molecule has 11 heteroatoms. The number of β-lactam (4-membered cyclic amide) rings is 1. The number of hydrogen-bond acceptors (Lipinski definition) is 3. The van der Waals surface area contributed by atoms with Crippen molar-refractivity contribution in [2.24, 2.45) is 0 Å². The molecule has 3 aromatic rings. The lowest BCUT2D eigenvalue weighted by Gasteiger charge is -2.50. The first-order chi connectivity index (χ1) is 16.5. The fraction of sp³-hybridized carbons (Fsp3) is 0.125. The maximum Gasteiger partial charge on any atom is 0.264 e. The predicted octanol–water partition coefficient (Wildman–Crippen LogP) is 7.89. The van der Waals surface area contributed by atoms with Crippen molar-refractivity contribution in [3.05, 3.63) is 93.8 Å². The van der Waals surface area contributed by atoms with Gasteiger partial charge in [-0.25, -0.2) is 0 Å². The molecule has 3 aromatic carbocycles. The second-order valence-electron chi connectivity index (χ2n) is 8.07. The van der Waals surface area contributed by atoms with Gasteiger partial charge in [0.05, 0.1) is 37.3 Å². The van der Waals surface area contributed by atoms with Gasteiger partial charge in [-0.3, -0.25) is 19.3 Å². The second-order valence-corrected chi connectivity index (χ2v) is 11.4. The molecule has 0 saturated carbocycles. The van der Waals surface area contributed by atoms with Crippen LogP contribution in [0, 0.1) is 6.92 Å². The highest BCUT2D eigenvalue weighted by Crippen LogP contribution is 2.49. The van der Waals surface area contributed by atoms with E-state index in [1.807, 2.05) is 43.3 Å². The van der Waals surface area contributed by atoms with Crippen LogP contribution in [0.1, 0.15) is 37.9 Å². The first-order valence-corrected chi connectivity index (χ1v) is 13.2. The smallest absolute Gasteiger partial charge is 0.264 e. The van der Waals surface area contributed by atoms with Crippen LogP contribution in [0.25, 0.3) is 0 Å². The Bertz CT molecular complexity index is 1430. The lowest BCUT2D eigenvalue weighted by Crippen LogP contribution is -2.67. The molecule has 2 aliphatic rings. The zero-order valence-corrected chi connectivity index (χ0v) is 23.8. The zero-order valence-electron chi connectivity index (χ0n) is 17.6. The van der Waals surface area contributed by atoms with Crippen LogP contribution < -0.4 is 4.90 Å². The summed E-state index contributed by atoms with van der Waals surface area (Å²) in [6.45, 7) is 1.91. The number of hydrogen-bond donors (Lipinski definition) is 0. The van der Waals surface area contributed by atoms with Gasteiger partial charge < -0.3 is 4.90 Å². The maximum absolute atomic E-state index is 13.6. The van der Waals surface area contributed by atoms with Crippen molar-refractivity contribution in [1.29, 1.82) is 0 Å². The Kier molecular flexibility index (Phi) is 6.48. The van der Waals surface area contributed by atoms with Crippen LogP contribution in [0.4, 0.5) is 5.69 Å². The van der Waals surface area contributed by atoms with Crippen molar-refractivity contribution in [1.82, 2.24) is 4.90 Å². The average Bonchev–Trinajstić information content (AvgIpc) is 3.07. The van der Waals surface area contributed by atoms with Crippen molar-refractivity contribution in [3.8, 4) is 0 Å². The first kappa shape index (κ1) is 25.1. The molecule has 2 heterocycles. The topological polar surface area (TPSA) is 57.7 Å². The quantitative estimate of drug-likeness (QED) is 0.123. The molecule has 0 unspecified atom stereocenters. The number of halogens is 6. The number of aryl methyl sites for hydroxylation is 1. The van der Waals surface area contributed by atoms with Gasteiger partial charge in [0.2, 0.25) is 0 Å². The third kappa shape index (κ3) is 3.74. The minimum Gasteiger partial charge on any atom is -0.300 e. The number of amides is 3. The molecule has 0 radical (unpaired) electrons. The second kappa shape index (κ2) is 9.05. The van der Waals surface area contributed by atoms with Gasteiger partial charge >= 0.3 is 0 Å². The molecule has 1 fully saturated rings. The third-order valence-corrected chi connectivity index (χ3v) is 9.27.